The number of methoxy groups -OCH3 is 1. The molecule has 2 aliphatic rings. The van der Waals surface area contributed by atoms with Crippen molar-refractivity contribution in [2.75, 3.05) is 81.7 Å². The molecule has 13 nitrogen and oxygen atoms in total. The molecule has 0 aliphatic carbocycles. The van der Waals surface area contributed by atoms with Crippen LogP contribution in [0.15, 0.2) is 40.4 Å². The Morgan fingerprint density at radius 1 is 1.07 bits per heavy atom. The van der Waals surface area contributed by atoms with E-state index in [1.54, 1.807) is 7.11 Å². The SMILES string of the molecule is COc1c(Nc2cc(C)[nH]n2)nc(Sc2ccc(NC(C)=O)cc2)nc1N1CCN(CC(=O)N2CCOCC2)CC1. The first-order chi connectivity index (χ1) is 19.9. The average Bonchev–Trinajstić information content (AvgIpc) is 3.38. The van der Waals surface area contributed by atoms with Crippen LogP contribution >= 0.6 is 11.8 Å². The fourth-order valence-corrected chi connectivity index (χ4v) is 5.44. The molecule has 0 atom stereocenters. The summed E-state index contributed by atoms with van der Waals surface area (Å²) in [5.41, 5.74) is 1.64. The lowest BCUT2D eigenvalue weighted by Gasteiger charge is -2.37. The van der Waals surface area contributed by atoms with Crippen molar-refractivity contribution in [2.24, 2.45) is 0 Å². The molecule has 3 aromatic rings. The molecular formula is C27H35N9O4S. The largest absolute Gasteiger partial charge is 0.490 e. The van der Waals surface area contributed by atoms with Crippen molar-refractivity contribution >= 4 is 46.7 Å². The molecule has 0 saturated carbocycles. The van der Waals surface area contributed by atoms with Gasteiger partial charge in [-0.3, -0.25) is 19.6 Å². The number of H-pyrrole nitrogens is 1. The van der Waals surface area contributed by atoms with Gasteiger partial charge in [0.25, 0.3) is 0 Å². The summed E-state index contributed by atoms with van der Waals surface area (Å²) in [6, 6.07) is 9.41. The van der Waals surface area contributed by atoms with E-state index in [0.717, 1.165) is 29.4 Å². The lowest BCUT2D eigenvalue weighted by Crippen LogP contribution is -2.51. The second-order valence-electron chi connectivity index (χ2n) is 9.84. The number of nitrogens with one attached hydrogen (secondary N) is 3. The fourth-order valence-electron chi connectivity index (χ4n) is 4.69. The Hall–Kier alpha value is -3.88. The maximum atomic E-state index is 12.8. The molecule has 41 heavy (non-hydrogen) atoms. The van der Waals surface area contributed by atoms with Crippen molar-refractivity contribution in [3.05, 3.63) is 36.0 Å². The predicted molar refractivity (Wildman–Crippen MR) is 156 cm³/mol. The summed E-state index contributed by atoms with van der Waals surface area (Å²) >= 11 is 1.41. The summed E-state index contributed by atoms with van der Waals surface area (Å²) in [6.07, 6.45) is 0. The normalized spacial score (nSPS) is 16.0. The molecule has 1 aromatic carbocycles. The van der Waals surface area contributed by atoms with E-state index in [1.165, 1.54) is 18.7 Å². The molecule has 0 radical (unpaired) electrons. The number of nitrogens with zero attached hydrogens (tertiary/aromatic N) is 6. The second-order valence-corrected chi connectivity index (χ2v) is 10.9. The van der Waals surface area contributed by atoms with Crippen LogP contribution in [0, 0.1) is 6.92 Å². The summed E-state index contributed by atoms with van der Waals surface area (Å²) in [4.78, 5) is 41.0. The average molecular weight is 582 g/mol. The third kappa shape index (κ3) is 7.45. The van der Waals surface area contributed by atoms with Gasteiger partial charge in [0.15, 0.2) is 22.6 Å². The van der Waals surface area contributed by atoms with Gasteiger partial charge >= 0.3 is 0 Å². The summed E-state index contributed by atoms with van der Waals surface area (Å²) < 4.78 is 11.2. The van der Waals surface area contributed by atoms with Gasteiger partial charge in [-0.15, -0.1) is 0 Å². The highest BCUT2D eigenvalue weighted by Gasteiger charge is 2.27. The van der Waals surface area contributed by atoms with Crippen molar-refractivity contribution in [2.45, 2.75) is 23.9 Å². The van der Waals surface area contributed by atoms with E-state index < -0.39 is 0 Å². The standard InChI is InChI=1S/C27H35N9O4S/c1-18-16-22(33-32-18)29-25-24(39-3)26(31-27(30-25)41-21-6-4-20(5-7-21)28-19(2)37)36-10-8-34(9-11-36)17-23(38)35-12-14-40-15-13-35/h4-7,16H,8-15,17H2,1-3H3,(H,28,37)(H2,29,30,31,32,33). The van der Waals surface area contributed by atoms with Crippen LogP contribution in [0.3, 0.4) is 0 Å². The first-order valence-corrected chi connectivity index (χ1v) is 14.3. The molecular weight excluding hydrogens is 546 g/mol. The van der Waals surface area contributed by atoms with Crippen molar-refractivity contribution in [1.29, 1.82) is 0 Å². The zero-order chi connectivity index (χ0) is 28.8. The summed E-state index contributed by atoms with van der Waals surface area (Å²) in [7, 11) is 1.61. The molecule has 0 unspecified atom stereocenters. The zero-order valence-electron chi connectivity index (χ0n) is 23.5. The van der Waals surface area contributed by atoms with Crippen LogP contribution in [0.1, 0.15) is 12.6 Å². The molecule has 3 N–H and O–H groups in total. The molecule has 218 valence electrons. The Labute approximate surface area is 243 Å². The van der Waals surface area contributed by atoms with E-state index in [1.807, 2.05) is 42.2 Å². The number of carbonyl (C=O) groups is 2. The van der Waals surface area contributed by atoms with Gasteiger partial charge in [0.2, 0.25) is 17.6 Å². The minimum absolute atomic E-state index is 0.122. The van der Waals surface area contributed by atoms with Crippen LogP contribution in [0.2, 0.25) is 0 Å². The van der Waals surface area contributed by atoms with Crippen LogP contribution in [-0.2, 0) is 14.3 Å². The Kier molecular flexibility index (Phi) is 9.21. The minimum Gasteiger partial charge on any atom is -0.490 e. The highest BCUT2D eigenvalue weighted by atomic mass is 32.2. The maximum Gasteiger partial charge on any atom is 0.236 e. The van der Waals surface area contributed by atoms with E-state index in [-0.39, 0.29) is 11.8 Å². The third-order valence-corrected chi connectivity index (χ3v) is 7.64. The van der Waals surface area contributed by atoms with Gasteiger partial charge in [0.05, 0.1) is 26.9 Å². The van der Waals surface area contributed by atoms with Crippen LogP contribution in [0.25, 0.3) is 0 Å². The van der Waals surface area contributed by atoms with Crippen molar-refractivity contribution < 1.29 is 19.1 Å². The van der Waals surface area contributed by atoms with E-state index >= 15 is 0 Å². The highest BCUT2D eigenvalue weighted by Crippen LogP contribution is 2.38. The first-order valence-electron chi connectivity index (χ1n) is 13.5. The molecule has 2 saturated heterocycles. The Morgan fingerprint density at radius 3 is 2.44 bits per heavy atom. The van der Waals surface area contributed by atoms with E-state index in [0.29, 0.717) is 74.3 Å². The van der Waals surface area contributed by atoms with Gasteiger partial charge < -0.3 is 29.9 Å². The quantitative estimate of drug-likeness (QED) is 0.321. The number of morpholine rings is 1. The summed E-state index contributed by atoms with van der Waals surface area (Å²) in [6.45, 7) is 9.10. The van der Waals surface area contributed by atoms with Crippen LogP contribution < -0.4 is 20.3 Å². The number of amides is 2. The summed E-state index contributed by atoms with van der Waals surface area (Å²) in [5.74, 6) is 2.34. The third-order valence-electron chi connectivity index (χ3n) is 6.76. The van der Waals surface area contributed by atoms with Crippen LogP contribution in [-0.4, -0.2) is 108 Å². The zero-order valence-corrected chi connectivity index (χ0v) is 24.3. The maximum absolute atomic E-state index is 12.8. The van der Waals surface area contributed by atoms with Crippen LogP contribution in [0.5, 0.6) is 5.75 Å². The smallest absolute Gasteiger partial charge is 0.236 e. The van der Waals surface area contributed by atoms with Gasteiger partial charge in [0.1, 0.15) is 0 Å². The number of hydrogen-bond donors (Lipinski definition) is 3. The molecule has 2 aromatic heterocycles. The molecule has 0 spiro atoms. The highest BCUT2D eigenvalue weighted by molar-refractivity contribution is 7.99. The number of aromatic amines is 1. The number of benzene rings is 1. The second kappa shape index (κ2) is 13.2. The predicted octanol–water partition coefficient (Wildman–Crippen LogP) is 2.35. The van der Waals surface area contributed by atoms with Gasteiger partial charge in [-0.1, -0.05) is 0 Å². The van der Waals surface area contributed by atoms with Crippen molar-refractivity contribution in [1.82, 2.24) is 30.0 Å². The number of aromatic nitrogens is 4. The van der Waals surface area contributed by atoms with E-state index in [4.69, 9.17) is 19.4 Å². The number of rotatable bonds is 9. The molecule has 2 fully saturated rings. The van der Waals surface area contributed by atoms with Gasteiger partial charge in [0, 0.05) is 68.5 Å². The van der Waals surface area contributed by atoms with Gasteiger partial charge in [-0.2, -0.15) is 5.10 Å². The number of aryl methyl sites for hydroxylation is 1. The Bertz CT molecular complexity index is 1350. The number of ether oxygens (including phenoxy) is 2. The lowest BCUT2D eigenvalue weighted by atomic mass is 10.2. The number of anilines is 4. The van der Waals surface area contributed by atoms with E-state index in [2.05, 4.69) is 30.6 Å². The monoisotopic (exact) mass is 581 g/mol. The number of piperazine rings is 1. The number of hydrogen-bond acceptors (Lipinski definition) is 11. The fraction of sp³-hybridized carbons (Fsp3) is 0.444. The van der Waals surface area contributed by atoms with Crippen molar-refractivity contribution in [3.63, 3.8) is 0 Å². The van der Waals surface area contributed by atoms with Gasteiger partial charge in [-0.05, 0) is 43.0 Å². The van der Waals surface area contributed by atoms with E-state index in [9.17, 15) is 9.59 Å². The number of carbonyl (C=O) groups excluding carboxylic acids is 2. The van der Waals surface area contributed by atoms with Gasteiger partial charge in [-0.25, -0.2) is 9.97 Å². The van der Waals surface area contributed by atoms with Crippen molar-refractivity contribution in [3.8, 4) is 5.75 Å². The molecule has 14 heteroatoms. The first kappa shape index (κ1) is 28.6. The minimum atomic E-state index is -0.122. The lowest BCUT2D eigenvalue weighted by molar-refractivity contribution is -0.136. The Balaban J connectivity index is 1.35. The van der Waals surface area contributed by atoms with Crippen LogP contribution in [0.4, 0.5) is 23.1 Å². The summed E-state index contributed by atoms with van der Waals surface area (Å²) in [5, 5.41) is 13.8. The molecule has 4 heterocycles. The molecule has 2 amide bonds. The Morgan fingerprint density at radius 2 is 1.80 bits per heavy atom. The molecule has 0 bridgehead atoms. The molecule has 2 aliphatic heterocycles. The molecule has 5 rings (SSSR count). The topological polar surface area (TPSA) is 141 Å².